The molecule has 0 bridgehead atoms. The molecule has 0 saturated carbocycles. The molecule has 2 aromatic carbocycles. The van der Waals surface area contributed by atoms with Crippen LogP contribution in [0.4, 0.5) is 5.69 Å². The van der Waals surface area contributed by atoms with Gasteiger partial charge in [0.2, 0.25) is 10.0 Å². The van der Waals surface area contributed by atoms with Crippen LogP contribution >= 0.6 is 0 Å². The molecule has 26 heavy (non-hydrogen) atoms. The number of fused-ring (bicyclic) bond motifs is 1. The van der Waals surface area contributed by atoms with Gasteiger partial charge in [0.15, 0.2) is 0 Å². The Labute approximate surface area is 150 Å². The number of aromatic nitrogens is 1. The van der Waals surface area contributed by atoms with E-state index in [2.05, 4.69) is 10.3 Å². The second kappa shape index (κ2) is 6.74. The van der Waals surface area contributed by atoms with Crippen LogP contribution in [0, 0.1) is 0 Å². The minimum Gasteiger partial charge on any atom is -0.322 e. The summed E-state index contributed by atoms with van der Waals surface area (Å²) >= 11 is 0. The molecule has 1 amide bonds. The predicted octanol–water partition coefficient (Wildman–Crippen LogP) is 2.03. The minimum atomic E-state index is -3.54. The van der Waals surface area contributed by atoms with Crippen LogP contribution in [-0.4, -0.2) is 37.7 Å². The topological polar surface area (TPSA) is 99.3 Å². The highest BCUT2D eigenvalue weighted by molar-refractivity contribution is 7.89. The average Bonchev–Trinajstić information content (AvgIpc) is 2.61. The molecule has 1 aromatic heterocycles. The van der Waals surface area contributed by atoms with Gasteiger partial charge in [0.25, 0.3) is 11.5 Å². The quantitative estimate of drug-likeness (QED) is 0.733. The zero-order valence-electron chi connectivity index (χ0n) is 14.2. The molecule has 7 nitrogen and oxygen atoms in total. The monoisotopic (exact) mass is 371 g/mol. The maximum atomic E-state index is 12.4. The van der Waals surface area contributed by atoms with Gasteiger partial charge in [0, 0.05) is 25.3 Å². The molecule has 8 heteroatoms. The van der Waals surface area contributed by atoms with Crippen LogP contribution in [-0.2, 0) is 10.0 Å². The minimum absolute atomic E-state index is 0.0197. The van der Waals surface area contributed by atoms with E-state index < -0.39 is 21.5 Å². The van der Waals surface area contributed by atoms with Crippen LogP contribution in [0.2, 0.25) is 0 Å². The van der Waals surface area contributed by atoms with Gasteiger partial charge in [-0.2, -0.15) is 0 Å². The van der Waals surface area contributed by atoms with Gasteiger partial charge in [-0.25, -0.2) is 12.7 Å². The molecule has 0 radical (unpaired) electrons. The standard InChI is InChI=1S/C18H17N3O4S/c1-21(2)26(24,25)14-9-7-13(8-10-14)19-17(22)15-11-12-5-3-4-6-16(12)20-18(15)23/h3-11H,1-2H3,(H,19,22)(H,20,23). The van der Waals surface area contributed by atoms with Crippen molar-refractivity contribution in [1.29, 1.82) is 0 Å². The van der Waals surface area contributed by atoms with E-state index in [0.717, 1.165) is 9.69 Å². The molecule has 0 unspecified atom stereocenters. The van der Waals surface area contributed by atoms with E-state index in [1.807, 2.05) is 6.07 Å². The summed E-state index contributed by atoms with van der Waals surface area (Å²) in [5.74, 6) is -0.569. The maximum absolute atomic E-state index is 12.4. The molecule has 134 valence electrons. The molecule has 1 heterocycles. The van der Waals surface area contributed by atoms with E-state index in [-0.39, 0.29) is 10.5 Å². The van der Waals surface area contributed by atoms with Gasteiger partial charge in [-0.1, -0.05) is 18.2 Å². The number of sulfonamides is 1. The molecular formula is C18H17N3O4S. The van der Waals surface area contributed by atoms with E-state index in [9.17, 15) is 18.0 Å². The SMILES string of the molecule is CN(C)S(=O)(=O)c1ccc(NC(=O)c2cc3ccccc3[nH]c2=O)cc1. The molecule has 0 fully saturated rings. The Hall–Kier alpha value is -2.97. The Morgan fingerprint density at radius 1 is 1.04 bits per heavy atom. The molecule has 0 aliphatic carbocycles. The number of aromatic amines is 1. The van der Waals surface area contributed by atoms with Crippen molar-refractivity contribution in [3.63, 3.8) is 0 Å². The fourth-order valence-electron chi connectivity index (χ4n) is 2.44. The molecule has 0 aliphatic rings. The normalized spacial score (nSPS) is 11.7. The first-order chi connectivity index (χ1) is 12.3. The summed E-state index contributed by atoms with van der Waals surface area (Å²) in [6.45, 7) is 0. The largest absolute Gasteiger partial charge is 0.322 e. The summed E-state index contributed by atoms with van der Waals surface area (Å²) in [5, 5.41) is 3.34. The molecule has 0 aliphatic heterocycles. The van der Waals surface area contributed by atoms with Crippen molar-refractivity contribution >= 4 is 32.5 Å². The van der Waals surface area contributed by atoms with Crippen LogP contribution in [0.25, 0.3) is 10.9 Å². The molecule has 2 N–H and O–H groups in total. The number of H-pyrrole nitrogens is 1. The number of pyridine rings is 1. The first-order valence-electron chi connectivity index (χ1n) is 7.75. The van der Waals surface area contributed by atoms with Crippen molar-refractivity contribution in [2.24, 2.45) is 0 Å². The summed E-state index contributed by atoms with van der Waals surface area (Å²) < 4.78 is 25.2. The van der Waals surface area contributed by atoms with Crippen LogP contribution in [0.1, 0.15) is 10.4 Å². The van der Waals surface area contributed by atoms with Crippen molar-refractivity contribution in [3.05, 3.63) is 70.5 Å². The van der Waals surface area contributed by atoms with Gasteiger partial charge in [-0.05, 0) is 41.8 Å². The summed E-state index contributed by atoms with van der Waals surface area (Å²) in [5.41, 5.74) is 0.522. The number of rotatable bonds is 4. The van der Waals surface area contributed by atoms with Crippen molar-refractivity contribution in [1.82, 2.24) is 9.29 Å². The first-order valence-corrected chi connectivity index (χ1v) is 9.19. The number of para-hydroxylation sites is 1. The van der Waals surface area contributed by atoms with Crippen molar-refractivity contribution in [2.45, 2.75) is 4.90 Å². The van der Waals surface area contributed by atoms with Crippen molar-refractivity contribution in [2.75, 3.05) is 19.4 Å². The summed E-state index contributed by atoms with van der Waals surface area (Å²) in [4.78, 5) is 27.3. The van der Waals surface area contributed by atoms with Crippen LogP contribution in [0.15, 0.2) is 64.3 Å². The van der Waals surface area contributed by atoms with E-state index in [1.54, 1.807) is 18.2 Å². The molecule has 3 rings (SSSR count). The van der Waals surface area contributed by atoms with Gasteiger partial charge < -0.3 is 10.3 Å². The lowest BCUT2D eigenvalue weighted by Gasteiger charge is -2.12. The Balaban J connectivity index is 1.87. The lowest BCUT2D eigenvalue weighted by atomic mass is 10.1. The molecule has 0 saturated heterocycles. The Bertz CT molecular complexity index is 1130. The van der Waals surface area contributed by atoms with E-state index in [1.165, 1.54) is 44.4 Å². The number of hydrogen-bond donors (Lipinski definition) is 2. The zero-order chi connectivity index (χ0) is 18.9. The number of carbonyl (C=O) groups excluding carboxylic acids is 1. The van der Waals surface area contributed by atoms with Gasteiger partial charge in [-0.3, -0.25) is 9.59 Å². The fraction of sp³-hybridized carbons (Fsp3) is 0.111. The molecule has 3 aromatic rings. The van der Waals surface area contributed by atoms with Gasteiger partial charge in [-0.15, -0.1) is 0 Å². The van der Waals surface area contributed by atoms with E-state index in [0.29, 0.717) is 11.2 Å². The lowest BCUT2D eigenvalue weighted by Crippen LogP contribution is -2.23. The number of benzene rings is 2. The highest BCUT2D eigenvalue weighted by atomic mass is 32.2. The third-order valence-corrected chi connectivity index (χ3v) is 5.72. The number of hydrogen-bond acceptors (Lipinski definition) is 4. The Morgan fingerprint density at radius 2 is 1.69 bits per heavy atom. The Kier molecular flexibility index (Phi) is 4.62. The number of nitrogens with zero attached hydrogens (tertiary/aromatic N) is 1. The average molecular weight is 371 g/mol. The summed E-state index contributed by atoms with van der Waals surface area (Å²) in [7, 11) is -0.657. The third-order valence-electron chi connectivity index (χ3n) is 3.89. The fourth-order valence-corrected chi connectivity index (χ4v) is 3.34. The maximum Gasteiger partial charge on any atom is 0.261 e. The Morgan fingerprint density at radius 3 is 2.35 bits per heavy atom. The zero-order valence-corrected chi connectivity index (χ0v) is 15.0. The second-order valence-electron chi connectivity index (χ2n) is 5.87. The van der Waals surface area contributed by atoms with Crippen LogP contribution in [0.3, 0.4) is 0 Å². The van der Waals surface area contributed by atoms with E-state index >= 15 is 0 Å². The van der Waals surface area contributed by atoms with Crippen LogP contribution < -0.4 is 10.9 Å². The van der Waals surface area contributed by atoms with Crippen molar-refractivity contribution in [3.8, 4) is 0 Å². The molecule has 0 atom stereocenters. The second-order valence-corrected chi connectivity index (χ2v) is 8.02. The molecular weight excluding hydrogens is 354 g/mol. The van der Waals surface area contributed by atoms with E-state index in [4.69, 9.17) is 0 Å². The van der Waals surface area contributed by atoms with Gasteiger partial charge in [0.1, 0.15) is 5.56 Å². The first kappa shape index (κ1) is 17.8. The summed E-state index contributed by atoms with van der Waals surface area (Å²) in [6, 6.07) is 14.4. The predicted molar refractivity (Wildman–Crippen MR) is 99.8 cm³/mol. The third kappa shape index (κ3) is 3.37. The number of nitrogens with one attached hydrogen (secondary N) is 2. The van der Waals surface area contributed by atoms with Gasteiger partial charge in [0.05, 0.1) is 4.90 Å². The van der Waals surface area contributed by atoms with Gasteiger partial charge >= 0.3 is 0 Å². The summed E-state index contributed by atoms with van der Waals surface area (Å²) in [6.07, 6.45) is 0. The van der Waals surface area contributed by atoms with Crippen LogP contribution in [0.5, 0.6) is 0 Å². The lowest BCUT2D eigenvalue weighted by molar-refractivity contribution is 0.102. The molecule has 0 spiro atoms. The number of carbonyl (C=O) groups is 1. The number of amides is 1. The van der Waals surface area contributed by atoms with Crippen molar-refractivity contribution < 1.29 is 13.2 Å². The highest BCUT2D eigenvalue weighted by Gasteiger charge is 2.17. The highest BCUT2D eigenvalue weighted by Crippen LogP contribution is 2.17. The smallest absolute Gasteiger partial charge is 0.261 e. The number of anilines is 1.